The first-order valence-electron chi connectivity index (χ1n) is 7.91. The Kier molecular flexibility index (Phi) is 5.98. The predicted octanol–water partition coefficient (Wildman–Crippen LogP) is 4.34. The summed E-state index contributed by atoms with van der Waals surface area (Å²) in [6.45, 7) is 0.0420. The summed E-state index contributed by atoms with van der Waals surface area (Å²) in [6.07, 6.45) is 1.29. The maximum absolute atomic E-state index is 12.0. The maximum Gasteiger partial charge on any atom is 0.259 e. The van der Waals surface area contributed by atoms with Crippen LogP contribution in [0.25, 0.3) is 10.8 Å². The molecule has 0 unspecified atom stereocenters. The second-order valence-corrected chi connectivity index (χ2v) is 7.28. The van der Waals surface area contributed by atoms with Crippen molar-refractivity contribution in [2.45, 2.75) is 0 Å². The first kappa shape index (κ1) is 19.2. The van der Waals surface area contributed by atoms with Gasteiger partial charge >= 0.3 is 0 Å². The molecule has 0 aliphatic rings. The Hall–Kier alpha value is -2.58. The fourth-order valence-electron chi connectivity index (χ4n) is 2.48. The lowest BCUT2D eigenvalue weighted by molar-refractivity contribution is -0.119. The van der Waals surface area contributed by atoms with E-state index < -0.39 is 0 Å². The van der Waals surface area contributed by atoms with Crippen molar-refractivity contribution in [2.24, 2.45) is 5.10 Å². The molecular formula is C19H15Br2N3O3. The molecule has 0 aliphatic carbocycles. The molecule has 0 bridgehead atoms. The number of nitrogens with one attached hydrogen (secondary N) is 2. The van der Waals surface area contributed by atoms with Gasteiger partial charge in [-0.25, -0.2) is 5.43 Å². The van der Waals surface area contributed by atoms with E-state index in [1.807, 2.05) is 42.5 Å². The summed E-state index contributed by atoms with van der Waals surface area (Å²) in [6, 6.07) is 15.2. The van der Waals surface area contributed by atoms with Crippen molar-refractivity contribution in [2.75, 3.05) is 11.9 Å². The van der Waals surface area contributed by atoms with Gasteiger partial charge in [-0.05, 0) is 49.4 Å². The van der Waals surface area contributed by atoms with Gasteiger partial charge in [-0.15, -0.1) is 0 Å². The number of aromatic hydroxyl groups is 2. The van der Waals surface area contributed by atoms with Crippen molar-refractivity contribution in [3.8, 4) is 11.5 Å². The van der Waals surface area contributed by atoms with Crippen molar-refractivity contribution in [1.29, 1.82) is 0 Å². The first-order valence-corrected chi connectivity index (χ1v) is 9.49. The largest absolute Gasteiger partial charge is 0.506 e. The summed E-state index contributed by atoms with van der Waals surface area (Å²) >= 11 is 6.26. The van der Waals surface area contributed by atoms with E-state index in [0.29, 0.717) is 10.0 Å². The lowest BCUT2D eigenvalue weighted by Crippen LogP contribution is -2.25. The van der Waals surface area contributed by atoms with Crippen LogP contribution in [0.4, 0.5) is 5.69 Å². The van der Waals surface area contributed by atoms with Crippen LogP contribution < -0.4 is 10.7 Å². The summed E-state index contributed by atoms with van der Waals surface area (Å²) in [5.74, 6) is -0.633. The molecule has 0 spiro atoms. The number of fused-ring (bicyclic) bond motifs is 1. The number of amides is 1. The molecule has 138 valence electrons. The van der Waals surface area contributed by atoms with Crippen molar-refractivity contribution >= 4 is 60.4 Å². The van der Waals surface area contributed by atoms with Gasteiger partial charge in [-0.2, -0.15) is 5.10 Å². The standard InChI is InChI=1S/C19H15Br2N3O3/c20-14-8-12(18(26)17(21)19(14)27)9-23-24-16(25)10-22-15-7-3-5-11-4-1-2-6-13(11)15/h1-9,22,26-27H,10H2,(H,24,25)/b23-9-. The summed E-state index contributed by atoms with van der Waals surface area (Å²) in [5.41, 5.74) is 3.58. The molecule has 27 heavy (non-hydrogen) atoms. The Morgan fingerprint density at radius 3 is 2.63 bits per heavy atom. The predicted molar refractivity (Wildman–Crippen MR) is 113 cm³/mol. The quantitative estimate of drug-likeness (QED) is 0.315. The number of hydrogen-bond acceptors (Lipinski definition) is 5. The van der Waals surface area contributed by atoms with E-state index >= 15 is 0 Å². The van der Waals surface area contributed by atoms with Crippen LogP contribution in [-0.2, 0) is 4.79 Å². The smallest absolute Gasteiger partial charge is 0.259 e. The number of nitrogens with zero attached hydrogens (tertiary/aromatic N) is 1. The van der Waals surface area contributed by atoms with Gasteiger partial charge in [-0.1, -0.05) is 36.4 Å². The number of anilines is 1. The number of halogens is 2. The average molecular weight is 493 g/mol. The van der Waals surface area contributed by atoms with Gasteiger partial charge in [0.15, 0.2) is 0 Å². The lowest BCUT2D eigenvalue weighted by Gasteiger charge is -2.09. The zero-order valence-electron chi connectivity index (χ0n) is 13.9. The second kappa shape index (κ2) is 8.41. The third kappa shape index (κ3) is 4.40. The van der Waals surface area contributed by atoms with Crippen molar-refractivity contribution in [3.05, 3.63) is 63.0 Å². The summed E-state index contributed by atoms with van der Waals surface area (Å²) in [7, 11) is 0. The van der Waals surface area contributed by atoms with Gasteiger partial charge in [0.25, 0.3) is 5.91 Å². The summed E-state index contributed by atoms with van der Waals surface area (Å²) < 4.78 is 0.528. The van der Waals surface area contributed by atoms with E-state index in [1.165, 1.54) is 12.3 Å². The van der Waals surface area contributed by atoms with Crippen LogP contribution in [0.1, 0.15) is 5.56 Å². The number of carbonyl (C=O) groups excluding carboxylic acids is 1. The molecule has 8 heteroatoms. The highest BCUT2D eigenvalue weighted by Gasteiger charge is 2.12. The van der Waals surface area contributed by atoms with Crippen LogP contribution in [0, 0.1) is 0 Å². The Balaban J connectivity index is 1.63. The number of phenols is 2. The fourth-order valence-corrected chi connectivity index (χ4v) is 3.64. The maximum atomic E-state index is 12.0. The fraction of sp³-hybridized carbons (Fsp3) is 0.0526. The van der Waals surface area contributed by atoms with Gasteiger partial charge in [0.1, 0.15) is 16.0 Å². The van der Waals surface area contributed by atoms with Crippen LogP contribution in [-0.4, -0.2) is 28.9 Å². The average Bonchev–Trinajstić information content (AvgIpc) is 2.68. The SMILES string of the molecule is O=C(CNc1cccc2ccccc12)N/N=C\c1cc(Br)c(O)c(Br)c1O. The minimum atomic E-state index is -0.337. The van der Waals surface area contributed by atoms with Crippen LogP contribution in [0.15, 0.2) is 62.6 Å². The van der Waals surface area contributed by atoms with E-state index in [-0.39, 0.29) is 28.4 Å². The Bertz CT molecular complexity index is 1030. The third-order valence-corrected chi connectivity index (χ3v) is 5.18. The highest BCUT2D eigenvalue weighted by atomic mass is 79.9. The molecule has 0 fully saturated rings. The van der Waals surface area contributed by atoms with Crippen LogP contribution >= 0.6 is 31.9 Å². The van der Waals surface area contributed by atoms with Gasteiger partial charge in [0, 0.05) is 16.6 Å². The molecule has 4 N–H and O–H groups in total. The highest BCUT2D eigenvalue weighted by molar-refractivity contribution is 9.11. The molecule has 0 aromatic heterocycles. The lowest BCUT2D eigenvalue weighted by atomic mass is 10.1. The highest BCUT2D eigenvalue weighted by Crippen LogP contribution is 2.40. The van der Waals surface area contributed by atoms with E-state index in [0.717, 1.165) is 16.5 Å². The second-order valence-electron chi connectivity index (χ2n) is 5.63. The molecule has 3 rings (SSSR count). The number of rotatable bonds is 5. The molecule has 3 aromatic rings. The van der Waals surface area contributed by atoms with E-state index in [1.54, 1.807) is 0 Å². The van der Waals surface area contributed by atoms with Gasteiger partial charge in [-0.3, -0.25) is 4.79 Å². The molecule has 0 aliphatic heterocycles. The zero-order valence-corrected chi connectivity index (χ0v) is 17.1. The Morgan fingerprint density at radius 2 is 1.81 bits per heavy atom. The number of hydrazone groups is 1. The molecule has 0 radical (unpaired) electrons. The normalized spacial score (nSPS) is 11.0. The van der Waals surface area contributed by atoms with E-state index in [4.69, 9.17) is 0 Å². The molecule has 0 atom stereocenters. The zero-order chi connectivity index (χ0) is 19.4. The molecule has 0 heterocycles. The van der Waals surface area contributed by atoms with Gasteiger partial charge in [0.2, 0.25) is 0 Å². The minimum Gasteiger partial charge on any atom is -0.506 e. The van der Waals surface area contributed by atoms with Crippen LogP contribution in [0.2, 0.25) is 0 Å². The molecule has 6 nitrogen and oxygen atoms in total. The van der Waals surface area contributed by atoms with Crippen molar-refractivity contribution in [1.82, 2.24) is 5.43 Å². The van der Waals surface area contributed by atoms with Crippen LogP contribution in [0.3, 0.4) is 0 Å². The number of carbonyl (C=O) groups is 1. The molecule has 3 aromatic carbocycles. The number of hydrogen-bond donors (Lipinski definition) is 4. The molecular weight excluding hydrogens is 478 g/mol. The Morgan fingerprint density at radius 1 is 1.07 bits per heavy atom. The molecule has 0 saturated carbocycles. The topological polar surface area (TPSA) is 94.0 Å². The third-order valence-electron chi connectivity index (χ3n) is 3.82. The van der Waals surface area contributed by atoms with Crippen molar-refractivity contribution < 1.29 is 15.0 Å². The monoisotopic (exact) mass is 491 g/mol. The van der Waals surface area contributed by atoms with Crippen molar-refractivity contribution in [3.63, 3.8) is 0 Å². The van der Waals surface area contributed by atoms with Gasteiger partial charge in [0.05, 0.1) is 17.2 Å². The first-order chi connectivity index (χ1) is 13.0. The number of benzene rings is 3. The number of phenolic OH excluding ortho intramolecular Hbond substituents is 2. The summed E-state index contributed by atoms with van der Waals surface area (Å²) in [5, 5.41) is 28.7. The Labute approximate surface area is 172 Å². The van der Waals surface area contributed by atoms with E-state index in [9.17, 15) is 15.0 Å². The molecule has 1 amide bonds. The minimum absolute atomic E-state index is 0.0420. The van der Waals surface area contributed by atoms with Crippen LogP contribution in [0.5, 0.6) is 11.5 Å². The molecule has 0 saturated heterocycles. The van der Waals surface area contributed by atoms with Gasteiger partial charge < -0.3 is 15.5 Å². The van der Waals surface area contributed by atoms with E-state index in [2.05, 4.69) is 47.7 Å². The summed E-state index contributed by atoms with van der Waals surface area (Å²) in [4.78, 5) is 12.0.